The molecule has 150 valence electrons. The zero-order valence-corrected chi connectivity index (χ0v) is 16.3. The van der Waals surface area contributed by atoms with Crippen molar-refractivity contribution in [2.75, 3.05) is 14.1 Å². The van der Waals surface area contributed by atoms with Gasteiger partial charge in [-0.2, -0.15) is 0 Å². The Morgan fingerprint density at radius 1 is 1.21 bits per heavy atom. The third-order valence-corrected chi connectivity index (χ3v) is 5.47. The summed E-state index contributed by atoms with van der Waals surface area (Å²) < 4.78 is 20.6. The maximum absolute atomic E-state index is 9.92. The molecule has 5 rings (SSSR count). The molecule has 1 spiro atoms. The molecule has 0 radical (unpaired) electrons. The van der Waals surface area contributed by atoms with Crippen LogP contribution in [0.15, 0.2) is 17.6 Å². The van der Waals surface area contributed by atoms with Crippen LogP contribution < -0.4 is 0 Å². The largest absolute Gasteiger partial charge is 0.393 e. The predicted octanol–water partition coefficient (Wildman–Crippen LogP) is 0.990. The van der Waals surface area contributed by atoms with Crippen molar-refractivity contribution in [3.8, 4) is 0 Å². The molecule has 28 heavy (non-hydrogen) atoms. The summed E-state index contributed by atoms with van der Waals surface area (Å²) >= 11 is 0. The van der Waals surface area contributed by atoms with Crippen LogP contribution in [0.1, 0.15) is 32.9 Å². The lowest BCUT2D eigenvalue weighted by Gasteiger charge is -2.45. The van der Waals surface area contributed by atoms with E-state index in [0.717, 1.165) is 0 Å². The number of hydrogen-bond donors (Lipinski definition) is 1. The molecule has 0 aromatic carbocycles. The third-order valence-electron chi connectivity index (χ3n) is 5.47. The van der Waals surface area contributed by atoms with Crippen molar-refractivity contribution in [3.63, 3.8) is 0 Å². The summed E-state index contributed by atoms with van der Waals surface area (Å²) in [5.41, 5.74) is 0.668. The van der Waals surface area contributed by atoms with Gasteiger partial charge >= 0.3 is 0 Å². The molecule has 2 saturated heterocycles. The highest BCUT2D eigenvalue weighted by Gasteiger charge is 2.67. The Hall–Kier alpha value is -2.14. The normalized spacial score (nSPS) is 36.3. The average Bonchev–Trinajstić information content (AvgIpc) is 3.23. The van der Waals surface area contributed by atoms with E-state index in [4.69, 9.17) is 14.2 Å². The number of fused-ring (bicyclic) bond motifs is 3. The predicted molar refractivity (Wildman–Crippen MR) is 99.1 cm³/mol. The number of aliphatic hydroxyl groups is 1. The van der Waals surface area contributed by atoms with Crippen LogP contribution in [0, 0.1) is 0 Å². The van der Waals surface area contributed by atoms with Gasteiger partial charge in [-0.05, 0) is 13.8 Å². The van der Waals surface area contributed by atoms with E-state index in [1.54, 1.807) is 12.7 Å². The highest BCUT2D eigenvalue weighted by atomic mass is 16.8. The average molecular weight is 388 g/mol. The van der Waals surface area contributed by atoms with Crippen molar-refractivity contribution in [1.29, 1.82) is 0 Å². The van der Waals surface area contributed by atoms with Crippen molar-refractivity contribution in [2.45, 2.75) is 62.6 Å². The van der Waals surface area contributed by atoms with E-state index in [-0.39, 0.29) is 18.3 Å². The van der Waals surface area contributed by atoms with Gasteiger partial charge in [0.2, 0.25) is 0 Å². The van der Waals surface area contributed by atoms with Gasteiger partial charge in [-0.3, -0.25) is 4.57 Å². The lowest BCUT2D eigenvalue weighted by atomic mass is 9.73. The molecular formula is C18H24N6O4. The van der Waals surface area contributed by atoms with Crippen molar-refractivity contribution < 1.29 is 19.3 Å². The van der Waals surface area contributed by atoms with Gasteiger partial charge in [0.25, 0.3) is 0 Å². The molecule has 0 bridgehead atoms. The molecule has 0 amide bonds. The van der Waals surface area contributed by atoms with E-state index in [1.807, 2.05) is 37.4 Å². The molecule has 1 aliphatic carbocycles. The number of hydrogen-bond acceptors (Lipinski definition) is 8. The first-order chi connectivity index (χ1) is 13.3. The number of aromatic nitrogens is 4. The van der Waals surface area contributed by atoms with E-state index in [9.17, 15) is 5.11 Å². The Morgan fingerprint density at radius 2 is 2.00 bits per heavy atom. The summed E-state index contributed by atoms with van der Waals surface area (Å²) in [6.45, 7) is 3.79. The number of aliphatic imine (C=N–C) groups is 1. The molecule has 4 heterocycles. The maximum atomic E-state index is 9.92. The minimum absolute atomic E-state index is 0.249. The first-order valence-electron chi connectivity index (χ1n) is 9.38. The Balaban J connectivity index is 1.54. The monoisotopic (exact) mass is 388 g/mol. The molecule has 10 nitrogen and oxygen atoms in total. The van der Waals surface area contributed by atoms with Gasteiger partial charge in [-0.15, -0.1) is 0 Å². The second-order valence-electron chi connectivity index (χ2n) is 8.39. The summed E-state index contributed by atoms with van der Waals surface area (Å²) in [7, 11) is 3.78. The van der Waals surface area contributed by atoms with Crippen molar-refractivity contribution in [1.82, 2.24) is 24.4 Å². The summed E-state index contributed by atoms with van der Waals surface area (Å²) in [6, 6.07) is 0. The standard InChI is InChI=1S/C18H24N6O4/c1-17(2)26-12-13(27-17)18(5-10(25)6-18)28-16(12)24-9-21-11-14(22-8-23(3)4)19-7-20-15(11)24/h7-10,12-13,16,25H,5-6H2,1-4H3/b22-8+/t10?,12-,13+,16-,18?/m1/s1. The summed E-state index contributed by atoms with van der Waals surface area (Å²) in [4.78, 5) is 19.3. The fourth-order valence-electron chi connectivity index (χ4n) is 4.35. The minimum Gasteiger partial charge on any atom is -0.393 e. The Labute approximate surface area is 162 Å². The zero-order chi connectivity index (χ0) is 19.7. The fraction of sp³-hybridized carbons (Fsp3) is 0.667. The summed E-state index contributed by atoms with van der Waals surface area (Å²) in [5, 5.41) is 9.92. The van der Waals surface area contributed by atoms with Crippen LogP contribution in [0.5, 0.6) is 0 Å². The minimum atomic E-state index is -0.711. The molecule has 1 N–H and O–H groups in total. The molecule has 3 fully saturated rings. The molecule has 2 aliphatic heterocycles. The van der Waals surface area contributed by atoms with Crippen molar-refractivity contribution in [2.24, 2.45) is 4.99 Å². The second-order valence-corrected chi connectivity index (χ2v) is 8.39. The molecule has 3 aliphatic rings. The number of aliphatic hydroxyl groups excluding tert-OH is 1. The van der Waals surface area contributed by atoms with Crippen LogP contribution in [-0.4, -0.2) is 79.7 Å². The van der Waals surface area contributed by atoms with Crippen LogP contribution >= 0.6 is 0 Å². The smallest absolute Gasteiger partial charge is 0.184 e. The summed E-state index contributed by atoms with van der Waals surface area (Å²) in [6.07, 6.45) is 4.49. The third kappa shape index (κ3) is 2.63. The number of nitrogens with zero attached hydrogens (tertiary/aromatic N) is 6. The van der Waals surface area contributed by atoms with E-state index in [0.29, 0.717) is 29.8 Å². The van der Waals surface area contributed by atoms with Crippen LogP contribution in [-0.2, 0) is 14.2 Å². The molecule has 10 heteroatoms. The van der Waals surface area contributed by atoms with Gasteiger partial charge < -0.3 is 24.2 Å². The highest BCUT2D eigenvalue weighted by Crippen LogP contribution is 2.56. The lowest BCUT2D eigenvalue weighted by molar-refractivity contribution is -0.251. The molecule has 3 atom stereocenters. The Kier molecular flexibility index (Phi) is 3.80. The van der Waals surface area contributed by atoms with Gasteiger partial charge in [-0.25, -0.2) is 19.9 Å². The Bertz CT molecular complexity index is 935. The molecule has 2 aromatic heterocycles. The number of imidazole rings is 1. The van der Waals surface area contributed by atoms with E-state index < -0.39 is 17.6 Å². The summed E-state index contributed by atoms with van der Waals surface area (Å²) in [5.74, 6) is -0.220. The van der Waals surface area contributed by atoms with Gasteiger partial charge in [0.15, 0.2) is 29.0 Å². The van der Waals surface area contributed by atoms with Crippen molar-refractivity contribution >= 4 is 23.3 Å². The number of rotatable bonds is 3. The molecule has 2 aromatic rings. The van der Waals surface area contributed by atoms with E-state index >= 15 is 0 Å². The molecule has 1 saturated carbocycles. The molecular weight excluding hydrogens is 364 g/mol. The first kappa shape index (κ1) is 17.9. The van der Waals surface area contributed by atoms with Gasteiger partial charge in [0.05, 0.1) is 18.8 Å². The highest BCUT2D eigenvalue weighted by molar-refractivity contribution is 5.82. The first-order valence-corrected chi connectivity index (χ1v) is 9.38. The molecule has 0 unspecified atom stereocenters. The zero-order valence-electron chi connectivity index (χ0n) is 16.3. The van der Waals surface area contributed by atoms with E-state index in [1.165, 1.54) is 6.33 Å². The van der Waals surface area contributed by atoms with Gasteiger partial charge in [0, 0.05) is 26.9 Å². The van der Waals surface area contributed by atoms with Gasteiger partial charge in [0.1, 0.15) is 24.1 Å². The number of ether oxygens (including phenoxy) is 3. The van der Waals surface area contributed by atoms with Crippen LogP contribution in [0.4, 0.5) is 5.82 Å². The van der Waals surface area contributed by atoms with Crippen LogP contribution in [0.3, 0.4) is 0 Å². The van der Waals surface area contributed by atoms with Gasteiger partial charge in [-0.1, -0.05) is 0 Å². The maximum Gasteiger partial charge on any atom is 0.184 e. The van der Waals surface area contributed by atoms with E-state index in [2.05, 4.69) is 19.9 Å². The quantitative estimate of drug-likeness (QED) is 0.613. The second kappa shape index (κ2) is 5.93. The Morgan fingerprint density at radius 3 is 2.71 bits per heavy atom. The van der Waals surface area contributed by atoms with Crippen LogP contribution in [0.25, 0.3) is 11.2 Å². The fourth-order valence-corrected chi connectivity index (χ4v) is 4.35. The van der Waals surface area contributed by atoms with Crippen molar-refractivity contribution in [3.05, 3.63) is 12.7 Å². The SMILES string of the molecule is CN(C)/C=N/c1ncnc2c1ncn2[C@@H]1OC2(CC(O)C2)[C@H]2OC(C)(C)O[C@@H]12. The lowest BCUT2D eigenvalue weighted by Crippen LogP contribution is -2.55. The topological polar surface area (TPSA) is 107 Å². The van der Waals surface area contributed by atoms with Crippen LogP contribution in [0.2, 0.25) is 0 Å².